The van der Waals surface area contributed by atoms with Crippen LogP contribution in [0.25, 0.3) is 5.65 Å². The Labute approximate surface area is 151 Å². The number of carbonyl (C=O) groups is 1. The molecule has 0 bridgehead atoms. The highest BCUT2D eigenvalue weighted by Crippen LogP contribution is 2.33. The Kier molecular flexibility index (Phi) is 3.90. The van der Waals surface area contributed by atoms with Crippen LogP contribution in [0.5, 0.6) is 0 Å². The number of rotatable bonds is 2. The number of H-pyrrole nitrogens is 1. The number of aryl methyl sites for hydroxylation is 1. The number of carbonyl (C=O) groups excluding carboxylic acids is 1. The molecular weight excluding hydrogens is 328 g/mol. The molecule has 1 aromatic carbocycles. The van der Waals surface area contributed by atoms with Gasteiger partial charge in [-0.3, -0.25) is 14.7 Å². The minimum Gasteiger partial charge on any atom is -0.338 e. The standard InChI is InChI=1S/C20H22N4O2/c1-14-11-17-21-12-16(19(26)24(17)22-14)18(25)23-10-6-9-20(2,13-23)15-7-4-3-5-8-15/h3-5,7-8,11-12,22H,6,9-10,13H2,1-2H3/t20-/m1/s1. The molecule has 1 aliphatic rings. The molecule has 1 aliphatic heterocycles. The summed E-state index contributed by atoms with van der Waals surface area (Å²) in [6.07, 6.45) is 3.34. The third kappa shape index (κ3) is 2.71. The minimum absolute atomic E-state index is 0.105. The minimum atomic E-state index is -0.347. The van der Waals surface area contributed by atoms with E-state index in [4.69, 9.17) is 0 Å². The van der Waals surface area contributed by atoms with Crippen LogP contribution in [0, 0.1) is 6.92 Å². The van der Waals surface area contributed by atoms with E-state index in [9.17, 15) is 9.59 Å². The number of likely N-dealkylation sites (tertiary alicyclic amines) is 1. The lowest BCUT2D eigenvalue weighted by Crippen LogP contribution is -2.48. The van der Waals surface area contributed by atoms with E-state index in [1.165, 1.54) is 16.3 Å². The third-order valence-corrected chi connectivity index (χ3v) is 5.31. The fourth-order valence-corrected chi connectivity index (χ4v) is 3.89. The molecule has 0 radical (unpaired) electrons. The van der Waals surface area contributed by atoms with Gasteiger partial charge in [-0.15, -0.1) is 0 Å². The molecule has 3 heterocycles. The number of nitrogens with one attached hydrogen (secondary N) is 1. The van der Waals surface area contributed by atoms with Gasteiger partial charge in [0.1, 0.15) is 5.56 Å². The molecule has 1 amide bonds. The first kappa shape index (κ1) is 16.6. The van der Waals surface area contributed by atoms with Crippen LogP contribution in [0.3, 0.4) is 0 Å². The molecule has 1 saturated heterocycles. The van der Waals surface area contributed by atoms with Gasteiger partial charge in [0.25, 0.3) is 11.5 Å². The molecule has 1 atom stereocenters. The molecule has 6 nitrogen and oxygen atoms in total. The Hall–Kier alpha value is -2.89. The average Bonchev–Trinajstić information content (AvgIpc) is 3.04. The van der Waals surface area contributed by atoms with Gasteiger partial charge in [-0.1, -0.05) is 37.3 Å². The van der Waals surface area contributed by atoms with Crippen molar-refractivity contribution in [1.29, 1.82) is 0 Å². The molecule has 26 heavy (non-hydrogen) atoms. The topological polar surface area (TPSA) is 70.5 Å². The van der Waals surface area contributed by atoms with Crippen molar-refractivity contribution in [2.45, 2.75) is 32.1 Å². The highest BCUT2D eigenvalue weighted by Gasteiger charge is 2.35. The fraction of sp³-hybridized carbons (Fsp3) is 0.350. The number of aromatic amines is 1. The van der Waals surface area contributed by atoms with Gasteiger partial charge in [-0.2, -0.15) is 0 Å². The van der Waals surface area contributed by atoms with E-state index in [1.807, 2.05) is 25.1 Å². The van der Waals surface area contributed by atoms with E-state index in [-0.39, 0.29) is 22.4 Å². The normalized spacial score (nSPS) is 20.5. The Morgan fingerprint density at radius 3 is 2.81 bits per heavy atom. The molecule has 6 heteroatoms. The second-order valence-corrected chi connectivity index (χ2v) is 7.37. The van der Waals surface area contributed by atoms with Gasteiger partial charge < -0.3 is 4.90 Å². The van der Waals surface area contributed by atoms with Crippen LogP contribution in [0.15, 0.2) is 47.4 Å². The largest absolute Gasteiger partial charge is 0.338 e. The summed E-state index contributed by atoms with van der Waals surface area (Å²) >= 11 is 0. The zero-order chi connectivity index (χ0) is 18.3. The van der Waals surface area contributed by atoms with Crippen LogP contribution < -0.4 is 5.56 Å². The summed E-state index contributed by atoms with van der Waals surface area (Å²) in [5.74, 6) is -0.244. The van der Waals surface area contributed by atoms with Crippen LogP contribution in [-0.4, -0.2) is 38.5 Å². The SMILES string of the molecule is Cc1cc2ncc(C(=O)N3CCC[C@@](C)(c4ccccc4)C3)c(=O)n2[nH]1. The first-order chi connectivity index (χ1) is 12.5. The van der Waals surface area contributed by atoms with Gasteiger partial charge in [0.2, 0.25) is 0 Å². The zero-order valence-electron chi connectivity index (χ0n) is 15.0. The van der Waals surface area contributed by atoms with E-state index in [0.29, 0.717) is 18.7 Å². The van der Waals surface area contributed by atoms with Crippen LogP contribution in [0.2, 0.25) is 0 Å². The molecule has 0 unspecified atom stereocenters. The van der Waals surface area contributed by atoms with E-state index in [1.54, 1.807) is 11.0 Å². The molecule has 134 valence electrons. The molecule has 0 saturated carbocycles. The predicted octanol–water partition coefficient (Wildman–Crippen LogP) is 2.52. The molecule has 0 spiro atoms. The lowest BCUT2D eigenvalue weighted by Gasteiger charge is -2.40. The van der Waals surface area contributed by atoms with Gasteiger partial charge in [0.05, 0.1) is 0 Å². The highest BCUT2D eigenvalue weighted by atomic mass is 16.2. The van der Waals surface area contributed by atoms with Crippen LogP contribution >= 0.6 is 0 Å². The van der Waals surface area contributed by atoms with Crippen molar-refractivity contribution in [3.8, 4) is 0 Å². The number of piperidine rings is 1. The zero-order valence-corrected chi connectivity index (χ0v) is 15.0. The van der Waals surface area contributed by atoms with Crippen molar-refractivity contribution in [2.75, 3.05) is 13.1 Å². The fourth-order valence-electron chi connectivity index (χ4n) is 3.89. The summed E-state index contributed by atoms with van der Waals surface area (Å²) in [7, 11) is 0. The number of aromatic nitrogens is 3. The smallest absolute Gasteiger partial charge is 0.285 e. The molecule has 1 N–H and O–H groups in total. The predicted molar refractivity (Wildman–Crippen MR) is 99.5 cm³/mol. The second kappa shape index (κ2) is 6.12. The van der Waals surface area contributed by atoms with Crippen molar-refractivity contribution in [1.82, 2.24) is 19.5 Å². The first-order valence-corrected chi connectivity index (χ1v) is 8.90. The van der Waals surface area contributed by atoms with Crippen molar-refractivity contribution in [2.24, 2.45) is 0 Å². The lowest BCUT2D eigenvalue weighted by atomic mass is 9.76. The number of amides is 1. The molecular formula is C20H22N4O2. The number of fused-ring (bicyclic) bond motifs is 1. The number of hydrogen-bond acceptors (Lipinski definition) is 3. The molecule has 4 rings (SSSR count). The molecule has 3 aromatic rings. The summed E-state index contributed by atoms with van der Waals surface area (Å²) < 4.78 is 1.34. The van der Waals surface area contributed by atoms with Gasteiger partial charge in [-0.05, 0) is 25.3 Å². The summed E-state index contributed by atoms with van der Waals surface area (Å²) in [5.41, 5.74) is 2.24. The number of nitrogens with zero attached hydrogens (tertiary/aromatic N) is 3. The van der Waals surface area contributed by atoms with Crippen LogP contribution in [0.4, 0.5) is 0 Å². The van der Waals surface area contributed by atoms with Gasteiger partial charge in [0.15, 0.2) is 5.65 Å². The molecule has 0 aliphatic carbocycles. The third-order valence-electron chi connectivity index (χ3n) is 5.31. The summed E-state index contributed by atoms with van der Waals surface area (Å²) in [5, 5.41) is 2.94. The van der Waals surface area contributed by atoms with Crippen molar-refractivity contribution < 1.29 is 4.79 Å². The first-order valence-electron chi connectivity index (χ1n) is 8.90. The summed E-state index contributed by atoms with van der Waals surface area (Å²) in [6, 6.07) is 12.1. The highest BCUT2D eigenvalue weighted by molar-refractivity contribution is 5.94. The van der Waals surface area contributed by atoms with E-state index < -0.39 is 0 Å². The van der Waals surface area contributed by atoms with Crippen molar-refractivity contribution in [3.63, 3.8) is 0 Å². The van der Waals surface area contributed by atoms with E-state index >= 15 is 0 Å². The van der Waals surface area contributed by atoms with E-state index in [2.05, 4.69) is 29.1 Å². The quantitative estimate of drug-likeness (QED) is 0.772. The maximum atomic E-state index is 13.0. The number of benzene rings is 1. The van der Waals surface area contributed by atoms with Crippen LogP contribution in [0.1, 0.15) is 41.4 Å². The maximum Gasteiger partial charge on any atom is 0.285 e. The van der Waals surface area contributed by atoms with Crippen molar-refractivity contribution in [3.05, 3.63) is 69.8 Å². The number of hydrogen-bond donors (Lipinski definition) is 1. The molecule has 2 aromatic heterocycles. The summed E-state index contributed by atoms with van der Waals surface area (Å²) in [6.45, 7) is 5.30. The van der Waals surface area contributed by atoms with Gasteiger partial charge >= 0.3 is 0 Å². The monoisotopic (exact) mass is 350 g/mol. The second-order valence-electron chi connectivity index (χ2n) is 7.37. The summed E-state index contributed by atoms with van der Waals surface area (Å²) in [4.78, 5) is 31.8. The van der Waals surface area contributed by atoms with Crippen LogP contribution in [-0.2, 0) is 5.41 Å². The Bertz CT molecular complexity index is 1020. The lowest BCUT2D eigenvalue weighted by molar-refractivity contribution is 0.0648. The molecule has 1 fully saturated rings. The Balaban J connectivity index is 1.66. The average molecular weight is 350 g/mol. The maximum absolute atomic E-state index is 13.0. The van der Waals surface area contributed by atoms with E-state index in [0.717, 1.165) is 18.5 Å². The van der Waals surface area contributed by atoms with Gasteiger partial charge in [0, 0.05) is 36.5 Å². The van der Waals surface area contributed by atoms with Crippen molar-refractivity contribution >= 4 is 11.6 Å². The Morgan fingerprint density at radius 2 is 2.04 bits per heavy atom. The van der Waals surface area contributed by atoms with Gasteiger partial charge in [-0.25, -0.2) is 9.50 Å². The Morgan fingerprint density at radius 1 is 1.27 bits per heavy atom.